The average Bonchev–Trinajstić information content (AvgIpc) is 2.42. The van der Waals surface area contributed by atoms with Crippen LogP contribution in [-0.4, -0.2) is 14.2 Å². The Labute approximate surface area is 58.7 Å². The van der Waals surface area contributed by atoms with Crippen molar-refractivity contribution in [3.8, 4) is 6.07 Å². The molecule has 5 heteroatoms. The molecule has 0 N–H and O–H groups in total. The van der Waals surface area contributed by atoms with Crippen LogP contribution in [0.15, 0.2) is 0 Å². The number of nitrogens with zero attached hydrogens (tertiary/aromatic N) is 1. The van der Waals surface area contributed by atoms with E-state index < -0.39 is 16.0 Å². The van der Waals surface area contributed by atoms with Gasteiger partial charge in [0.2, 0.25) is 0 Å². The zero-order valence-corrected chi connectivity index (χ0v) is 5.94. The van der Waals surface area contributed by atoms with E-state index in [4.69, 9.17) is 5.26 Å². The van der Waals surface area contributed by atoms with E-state index in [9.17, 15) is 12.3 Å². The Morgan fingerprint density at radius 2 is 2.30 bits per heavy atom. The van der Waals surface area contributed by atoms with Gasteiger partial charge in [-0.2, -0.15) is 13.7 Å². The van der Waals surface area contributed by atoms with Crippen LogP contribution in [0.2, 0.25) is 0 Å². The van der Waals surface area contributed by atoms with Crippen molar-refractivity contribution in [1.82, 2.24) is 0 Å². The molecule has 0 heterocycles. The monoisotopic (exact) mass is 163 g/mol. The fourth-order valence-corrected chi connectivity index (χ4v) is 1.73. The van der Waals surface area contributed by atoms with Crippen LogP contribution < -0.4 is 0 Å². The van der Waals surface area contributed by atoms with Crippen molar-refractivity contribution in [3.05, 3.63) is 0 Å². The Kier molecular flexibility index (Phi) is 1.65. The zero-order chi connectivity index (χ0) is 7.78. The van der Waals surface area contributed by atoms with Gasteiger partial charge in [-0.25, -0.2) is 0 Å². The molecule has 0 bridgehead atoms. The van der Waals surface area contributed by atoms with Crippen LogP contribution in [-0.2, 0) is 10.2 Å². The summed E-state index contributed by atoms with van der Waals surface area (Å²) in [6.45, 7) is 0. The van der Waals surface area contributed by atoms with Crippen LogP contribution in [0.4, 0.5) is 3.89 Å². The lowest BCUT2D eigenvalue weighted by Gasteiger charge is -1.86. The maximum Gasteiger partial charge on any atom is 0.302 e. The van der Waals surface area contributed by atoms with Crippen molar-refractivity contribution < 1.29 is 12.3 Å². The molecule has 1 saturated carbocycles. The number of hydrogen-bond donors (Lipinski definition) is 0. The quantitative estimate of drug-likeness (QED) is 0.555. The minimum Gasteiger partial charge on any atom is -0.198 e. The normalized spacial score (nSPS) is 31.2. The summed E-state index contributed by atoms with van der Waals surface area (Å²) >= 11 is 0. The smallest absolute Gasteiger partial charge is 0.198 e. The van der Waals surface area contributed by atoms with Crippen LogP contribution in [0.1, 0.15) is 6.42 Å². The Morgan fingerprint density at radius 3 is 2.60 bits per heavy atom. The van der Waals surface area contributed by atoms with Crippen LogP contribution in [0.3, 0.4) is 0 Å². The molecule has 2 atom stereocenters. The van der Waals surface area contributed by atoms with Crippen molar-refractivity contribution in [2.75, 3.05) is 5.75 Å². The molecule has 0 saturated heterocycles. The molecule has 0 aromatic carbocycles. The third-order valence-electron chi connectivity index (χ3n) is 1.50. The molecule has 1 fully saturated rings. The predicted octanol–water partition coefficient (Wildman–Crippen LogP) is 0.445. The van der Waals surface area contributed by atoms with E-state index in [1.54, 1.807) is 0 Å². The summed E-state index contributed by atoms with van der Waals surface area (Å²) in [5.74, 6) is -0.962. The van der Waals surface area contributed by atoms with E-state index in [1.807, 2.05) is 6.07 Å². The van der Waals surface area contributed by atoms with Crippen molar-refractivity contribution in [3.63, 3.8) is 0 Å². The zero-order valence-electron chi connectivity index (χ0n) is 5.12. The highest BCUT2D eigenvalue weighted by atomic mass is 32.3. The Morgan fingerprint density at radius 1 is 1.70 bits per heavy atom. The summed E-state index contributed by atoms with van der Waals surface area (Å²) < 4.78 is 31.8. The highest BCUT2D eigenvalue weighted by Crippen LogP contribution is 2.38. The minimum absolute atomic E-state index is 0.231. The van der Waals surface area contributed by atoms with Crippen LogP contribution >= 0.6 is 0 Å². The summed E-state index contributed by atoms with van der Waals surface area (Å²) in [5.41, 5.74) is 0. The van der Waals surface area contributed by atoms with Gasteiger partial charge >= 0.3 is 10.2 Å². The third-order valence-corrected chi connectivity index (χ3v) is 2.33. The summed E-state index contributed by atoms with van der Waals surface area (Å²) in [7, 11) is -4.35. The van der Waals surface area contributed by atoms with Gasteiger partial charge in [0.25, 0.3) is 0 Å². The first-order chi connectivity index (χ1) is 4.53. The first kappa shape index (κ1) is 7.48. The first-order valence-corrected chi connectivity index (χ1v) is 4.40. The number of halogens is 1. The van der Waals surface area contributed by atoms with Gasteiger partial charge < -0.3 is 0 Å². The fourth-order valence-electron chi connectivity index (χ4n) is 0.846. The molecular formula is C5H6FNO2S. The second-order valence-corrected chi connectivity index (χ2v) is 3.85. The molecule has 56 valence electrons. The second-order valence-electron chi connectivity index (χ2n) is 2.44. The van der Waals surface area contributed by atoms with Gasteiger partial charge in [0.1, 0.15) is 0 Å². The largest absolute Gasteiger partial charge is 0.302 e. The van der Waals surface area contributed by atoms with Gasteiger partial charge in [0.15, 0.2) is 0 Å². The van der Waals surface area contributed by atoms with Crippen LogP contribution in [0, 0.1) is 23.2 Å². The van der Waals surface area contributed by atoms with Gasteiger partial charge in [-0.15, -0.1) is 3.89 Å². The topological polar surface area (TPSA) is 57.9 Å². The molecule has 0 aromatic rings. The molecule has 10 heavy (non-hydrogen) atoms. The molecule has 0 aliphatic heterocycles. The maximum absolute atomic E-state index is 11.9. The molecule has 0 aromatic heterocycles. The van der Waals surface area contributed by atoms with Gasteiger partial charge in [0.05, 0.1) is 17.7 Å². The maximum atomic E-state index is 11.9. The first-order valence-electron chi connectivity index (χ1n) is 2.85. The Bertz CT molecular complexity index is 266. The summed E-state index contributed by atoms with van der Waals surface area (Å²) in [5, 5.41) is 8.21. The van der Waals surface area contributed by atoms with Crippen molar-refractivity contribution in [1.29, 1.82) is 5.26 Å². The number of hydrogen-bond acceptors (Lipinski definition) is 3. The Hall–Kier alpha value is -0.630. The standard InChI is InChI=1S/C5H6FNO2S/c6-10(8,9)3-5-1-4(5)2-7/h4-5H,1,3H2/t4-,5-/m0/s1. The van der Waals surface area contributed by atoms with Gasteiger partial charge in [-0.3, -0.25) is 0 Å². The molecule has 0 radical (unpaired) electrons. The molecule has 0 unspecified atom stereocenters. The molecule has 1 aliphatic carbocycles. The van der Waals surface area contributed by atoms with E-state index in [0.717, 1.165) is 0 Å². The molecular weight excluding hydrogens is 157 g/mol. The van der Waals surface area contributed by atoms with Gasteiger partial charge in [-0.1, -0.05) is 0 Å². The lowest BCUT2D eigenvalue weighted by atomic mass is 10.4. The van der Waals surface area contributed by atoms with Crippen LogP contribution in [0.25, 0.3) is 0 Å². The highest BCUT2D eigenvalue weighted by molar-refractivity contribution is 7.86. The summed E-state index contributed by atoms with van der Waals surface area (Å²) in [4.78, 5) is 0. The summed E-state index contributed by atoms with van der Waals surface area (Å²) in [6, 6.07) is 1.88. The van der Waals surface area contributed by atoms with Gasteiger partial charge in [0, 0.05) is 0 Å². The SMILES string of the molecule is N#C[C@@H]1C[C@H]1CS(=O)(=O)F. The third kappa shape index (κ3) is 1.95. The number of rotatable bonds is 2. The van der Waals surface area contributed by atoms with E-state index in [0.29, 0.717) is 6.42 Å². The average molecular weight is 163 g/mol. The van der Waals surface area contributed by atoms with Crippen molar-refractivity contribution in [2.24, 2.45) is 11.8 Å². The van der Waals surface area contributed by atoms with E-state index >= 15 is 0 Å². The van der Waals surface area contributed by atoms with Crippen molar-refractivity contribution in [2.45, 2.75) is 6.42 Å². The summed E-state index contributed by atoms with van der Waals surface area (Å²) in [6.07, 6.45) is 0.527. The molecule has 1 aliphatic rings. The number of nitriles is 1. The Balaban J connectivity index is 2.40. The van der Waals surface area contributed by atoms with Crippen molar-refractivity contribution >= 4 is 10.2 Å². The van der Waals surface area contributed by atoms with Gasteiger partial charge in [-0.05, 0) is 12.3 Å². The molecule has 3 nitrogen and oxygen atoms in total. The molecule has 0 amide bonds. The highest BCUT2D eigenvalue weighted by Gasteiger charge is 2.40. The second kappa shape index (κ2) is 2.20. The van der Waals surface area contributed by atoms with E-state index in [-0.39, 0.29) is 11.8 Å². The lowest BCUT2D eigenvalue weighted by molar-refractivity contribution is 0.547. The fraction of sp³-hybridized carbons (Fsp3) is 0.800. The molecule has 1 rings (SSSR count). The lowest BCUT2D eigenvalue weighted by Crippen LogP contribution is -2.01. The van der Waals surface area contributed by atoms with Crippen LogP contribution in [0.5, 0.6) is 0 Å². The predicted molar refractivity (Wildman–Crippen MR) is 32.1 cm³/mol. The van der Waals surface area contributed by atoms with E-state index in [2.05, 4.69) is 0 Å². The van der Waals surface area contributed by atoms with E-state index in [1.165, 1.54) is 0 Å². The minimum atomic E-state index is -4.35. The molecule has 0 spiro atoms.